The number of amides is 1. The Morgan fingerprint density at radius 3 is 2.43 bits per heavy atom. The van der Waals surface area contributed by atoms with Crippen LogP contribution in [0.1, 0.15) is 11.3 Å². The summed E-state index contributed by atoms with van der Waals surface area (Å²) in [5.74, 6) is -0.675. The Labute approximate surface area is 177 Å². The normalized spacial score (nSPS) is 11.7. The first kappa shape index (κ1) is 22.0. The van der Waals surface area contributed by atoms with E-state index >= 15 is 0 Å². The molecule has 1 amide bonds. The van der Waals surface area contributed by atoms with E-state index in [1.54, 1.807) is 42.5 Å². The molecule has 0 fully saturated rings. The molecule has 0 aliphatic carbocycles. The van der Waals surface area contributed by atoms with Crippen molar-refractivity contribution in [1.82, 2.24) is 9.59 Å². The molecule has 0 atom stereocenters. The van der Waals surface area contributed by atoms with Gasteiger partial charge < -0.3 is 14.4 Å². The molecule has 156 valence electrons. The molecule has 3 rings (SSSR count). The van der Waals surface area contributed by atoms with E-state index in [0.717, 1.165) is 27.5 Å². The van der Waals surface area contributed by atoms with Crippen molar-refractivity contribution in [2.45, 2.75) is 6.16 Å². The summed E-state index contributed by atoms with van der Waals surface area (Å²) in [6, 6.07) is 12.9. The first-order valence-electron chi connectivity index (χ1n) is 8.79. The van der Waals surface area contributed by atoms with Crippen LogP contribution in [0.3, 0.4) is 0 Å². The second kappa shape index (κ2) is 9.86. The number of rotatable bonds is 8. The molecule has 1 aromatic heterocycles. The van der Waals surface area contributed by atoms with Crippen LogP contribution in [0.25, 0.3) is 16.5 Å². The summed E-state index contributed by atoms with van der Waals surface area (Å²) in [7, 11) is -0.473. The van der Waals surface area contributed by atoms with E-state index < -0.39 is 7.60 Å². The van der Waals surface area contributed by atoms with E-state index in [9.17, 15) is 13.8 Å². The molecule has 7 nitrogen and oxygen atoms in total. The number of aromatic nitrogens is 2. The lowest BCUT2D eigenvalue weighted by Gasteiger charge is -2.13. The minimum atomic E-state index is -3.15. The van der Waals surface area contributed by atoms with Gasteiger partial charge in [-0.3, -0.25) is 9.36 Å². The van der Waals surface area contributed by atoms with Crippen LogP contribution in [-0.4, -0.2) is 29.7 Å². The predicted octanol–water partition coefficient (Wildman–Crippen LogP) is 4.98. The zero-order valence-electron chi connectivity index (χ0n) is 16.2. The second-order valence-corrected chi connectivity index (χ2v) is 9.17. The number of hydrogen-bond donors (Lipinski definition) is 1. The van der Waals surface area contributed by atoms with Gasteiger partial charge in [0.1, 0.15) is 11.5 Å². The van der Waals surface area contributed by atoms with Gasteiger partial charge in [-0.05, 0) is 53.0 Å². The molecule has 0 unspecified atom stereocenters. The number of carbonyl (C=O) groups is 1. The lowest BCUT2D eigenvalue weighted by molar-refractivity contribution is -0.111. The maximum absolute atomic E-state index is 13.1. The number of nitrogens with zero attached hydrogens (tertiary/aromatic N) is 2. The predicted molar refractivity (Wildman–Crippen MR) is 115 cm³/mol. The maximum Gasteiger partial charge on any atom is 0.334 e. The molecule has 10 heteroatoms. The number of nitrogens with one attached hydrogen (secondary N) is 1. The number of hydrogen-bond acceptors (Lipinski definition) is 7. The van der Waals surface area contributed by atoms with Gasteiger partial charge in [0.2, 0.25) is 5.91 Å². The summed E-state index contributed by atoms with van der Waals surface area (Å²) in [5.41, 5.74) is 2.62. The topological polar surface area (TPSA) is 90.4 Å². The quantitative estimate of drug-likeness (QED) is 0.387. The van der Waals surface area contributed by atoms with E-state index in [-0.39, 0.29) is 17.9 Å². The lowest BCUT2D eigenvalue weighted by atomic mass is 10.1. The Bertz CT molecular complexity index is 1080. The molecule has 0 aliphatic rings. The van der Waals surface area contributed by atoms with Crippen LogP contribution in [-0.2, 0) is 24.6 Å². The first-order chi connectivity index (χ1) is 14.4. The zero-order valence-corrected chi connectivity index (χ0v) is 18.0. The van der Waals surface area contributed by atoms with E-state index in [4.69, 9.17) is 9.05 Å². The van der Waals surface area contributed by atoms with Crippen molar-refractivity contribution < 1.29 is 22.8 Å². The van der Waals surface area contributed by atoms with Crippen LogP contribution in [0.2, 0.25) is 0 Å². The summed E-state index contributed by atoms with van der Waals surface area (Å²) in [6.07, 6.45) is 3.04. The molecule has 0 saturated heterocycles. The van der Waals surface area contributed by atoms with Crippen LogP contribution < -0.4 is 5.32 Å². The Morgan fingerprint density at radius 1 is 1.13 bits per heavy atom. The maximum atomic E-state index is 13.1. The molecule has 2 aromatic carbocycles. The Balaban J connectivity index is 1.64. The Kier molecular flexibility index (Phi) is 7.23. The minimum absolute atomic E-state index is 0.136. The van der Waals surface area contributed by atoms with Gasteiger partial charge in [-0.1, -0.05) is 28.8 Å². The van der Waals surface area contributed by atoms with Gasteiger partial charge in [-0.2, -0.15) is 0 Å². The molecular weight excluding hydrogens is 428 g/mol. The van der Waals surface area contributed by atoms with Gasteiger partial charge in [0, 0.05) is 26.0 Å². The number of benzene rings is 2. The molecule has 1 heterocycles. The van der Waals surface area contributed by atoms with Crippen LogP contribution in [0.5, 0.6) is 0 Å². The highest BCUT2D eigenvalue weighted by molar-refractivity contribution is 7.52. The molecular formula is C20H19FN3O4PS. The van der Waals surface area contributed by atoms with E-state index in [0.29, 0.717) is 11.4 Å². The first-order valence-corrected chi connectivity index (χ1v) is 11.3. The van der Waals surface area contributed by atoms with E-state index in [2.05, 4.69) is 14.9 Å². The number of anilines is 1. The summed E-state index contributed by atoms with van der Waals surface area (Å²) in [6.45, 7) is 0. The van der Waals surface area contributed by atoms with Gasteiger partial charge >= 0.3 is 7.60 Å². The lowest BCUT2D eigenvalue weighted by Crippen LogP contribution is -2.07. The van der Waals surface area contributed by atoms with Gasteiger partial charge in [-0.15, -0.1) is 5.10 Å². The van der Waals surface area contributed by atoms with Gasteiger partial charge in [0.25, 0.3) is 0 Å². The third-order valence-electron chi connectivity index (χ3n) is 4.17. The third-order valence-corrected chi connectivity index (χ3v) is 6.82. The van der Waals surface area contributed by atoms with Crippen LogP contribution in [0.15, 0.2) is 54.6 Å². The zero-order chi connectivity index (χ0) is 21.6. The molecule has 0 saturated carbocycles. The molecule has 0 spiro atoms. The standard InChI is InChI=1S/C20H19FN3O4PS/c1-27-29(26,28-2)13-14-3-9-17(10-4-14)22-19(25)12-11-18-20(30-24-23-18)15-5-7-16(21)8-6-15/h3-12H,13H2,1-2H3,(H,22,25). The highest BCUT2D eigenvalue weighted by Crippen LogP contribution is 2.49. The van der Waals surface area contributed by atoms with Crippen molar-refractivity contribution in [3.05, 3.63) is 71.7 Å². The van der Waals surface area contributed by atoms with Crippen molar-refractivity contribution in [2.24, 2.45) is 0 Å². The number of halogens is 1. The average molecular weight is 447 g/mol. The van der Waals surface area contributed by atoms with Gasteiger partial charge in [-0.25, -0.2) is 4.39 Å². The van der Waals surface area contributed by atoms with Crippen molar-refractivity contribution in [1.29, 1.82) is 0 Å². The molecule has 0 bridgehead atoms. The van der Waals surface area contributed by atoms with Crippen molar-refractivity contribution in [2.75, 3.05) is 19.5 Å². The Hall–Kier alpha value is -2.71. The van der Waals surface area contributed by atoms with E-state index in [1.165, 1.54) is 32.4 Å². The fourth-order valence-electron chi connectivity index (χ4n) is 2.57. The second-order valence-electron chi connectivity index (χ2n) is 6.15. The average Bonchev–Trinajstić information content (AvgIpc) is 3.23. The van der Waals surface area contributed by atoms with Crippen molar-refractivity contribution in [3.63, 3.8) is 0 Å². The van der Waals surface area contributed by atoms with Gasteiger partial charge in [0.15, 0.2) is 0 Å². The monoisotopic (exact) mass is 447 g/mol. The largest absolute Gasteiger partial charge is 0.334 e. The van der Waals surface area contributed by atoms with Crippen LogP contribution >= 0.6 is 19.1 Å². The molecule has 30 heavy (non-hydrogen) atoms. The molecule has 3 aromatic rings. The minimum Gasteiger partial charge on any atom is -0.323 e. The summed E-state index contributed by atoms with van der Waals surface area (Å²) >= 11 is 1.16. The highest BCUT2D eigenvalue weighted by atomic mass is 32.1. The SMILES string of the molecule is COP(=O)(Cc1ccc(NC(=O)C=Cc2nnsc2-c2ccc(F)cc2)cc1)OC. The smallest absolute Gasteiger partial charge is 0.323 e. The molecule has 1 N–H and O–H groups in total. The van der Waals surface area contributed by atoms with Gasteiger partial charge in [0.05, 0.1) is 11.0 Å². The van der Waals surface area contributed by atoms with Crippen LogP contribution in [0.4, 0.5) is 10.1 Å². The summed E-state index contributed by atoms with van der Waals surface area (Å²) in [4.78, 5) is 13.0. The fourth-order valence-corrected chi connectivity index (χ4v) is 4.29. The van der Waals surface area contributed by atoms with Crippen molar-refractivity contribution >= 4 is 36.8 Å². The molecule has 0 aliphatic heterocycles. The third kappa shape index (κ3) is 5.67. The van der Waals surface area contributed by atoms with Crippen LogP contribution in [0, 0.1) is 5.82 Å². The number of carbonyl (C=O) groups excluding carboxylic acids is 1. The van der Waals surface area contributed by atoms with Crippen molar-refractivity contribution in [3.8, 4) is 10.4 Å². The molecule has 0 radical (unpaired) electrons. The van der Waals surface area contributed by atoms with E-state index in [1.807, 2.05) is 0 Å². The summed E-state index contributed by atoms with van der Waals surface area (Å²) < 4.78 is 39.0. The summed E-state index contributed by atoms with van der Waals surface area (Å²) in [5, 5.41) is 6.75. The highest BCUT2D eigenvalue weighted by Gasteiger charge is 2.21. The fraction of sp³-hybridized carbons (Fsp3) is 0.150. The Morgan fingerprint density at radius 2 is 1.80 bits per heavy atom.